The van der Waals surface area contributed by atoms with Crippen molar-refractivity contribution in [1.82, 2.24) is 9.62 Å². The van der Waals surface area contributed by atoms with Gasteiger partial charge in [-0.15, -0.1) is 0 Å². The smallest absolute Gasteiger partial charge is 0.256 e. The van der Waals surface area contributed by atoms with Gasteiger partial charge in [0.25, 0.3) is 5.91 Å². The number of anilines is 1. The maximum absolute atomic E-state index is 12.6. The summed E-state index contributed by atoms with van der Waals surface area (Å²) >= 11 is 0. The average Bonchev–Trinajstić information content (AvgIpc) is 2.54. The Morgan fingerprint density at radius 1 is 1.27 bits per heavy atom. The molecule has 1 aromatic rings. The first-order valence-corrected chi connectivity index (χ1v) is 8.92. The summed E-state index contributed by atoms with van der Waals surface area (Å²) in [5.74, 6) is -0.477. The van der Waals surface area contributed by atoms with Crippen molar-refractivity contribution in [2.75, 3.05) is 18.1 Å². The van der Waals surface area contributed by atoms with E-state index in [4.69, 9.17) is 0 Å². The maximum Gasteiger partial charge on any atom is 0.256 e. The molecule has 0 bridgehead atoms. The van der Waals surface area contributed by atoms with Gasteiger partial charge in [-0.2, -0.15) is 0 Å². The second-order valence-corrected chi connectivity index (χ2v) is 7.44. The minimum Gasteiger partial charge on any atom is -0.326 e. The molecule has 0 spiro atoms. The summed E-state index contributed by atoms with van der Waals surface area (Å²) in [6, 6.07) is 5.88. The van der Waals surface area contributed by atoms with E-state index in [0.29, 0.717) is 24.2 Å². The molecule has 2 aliphatic rings. The normalized spacial score (nSPS) is 25.0. The number of piperidine rings is 1. The van der Waals surface area contributed by atoms with Crippen LogP contribution in [0.25, 0.3) is 0 Å². The van der Waals surface area contributed by atoms with Crippen molar-refractivity contribution in [3.63, 3.8) is 0 Å². The topological polar surface area (TPSA) is 95.6 Å². The Kier molecular flexibility index (Phi) is 3.65. The number of carbonyl (C=O) groups excluding carboxylic acids is 2. The number of benzene rings is 1. The van der Waals surface area contributed by atoms with Crippen molar-refractivity contribution in [2.24, 2.45) is 0 Å². The first kappa shape index (κ1) is 15.0. The highest BCUT2D eigenvalue weighted by Crippen LogP contribution is 2.28. The van der Waals surface area contributed by atoms with Gasteiger partial charge in [-0.1, -0.05) is 12.1 Å². The standard InChI is InChI=1S/C14H17N3O4S/c1-22(20,21)16-9-6-7-17-12(8-9)13(18)15-11-5-3-2-4-10(11)14(17)19/h2-5,9,12,16H,6-8H2,1H3,(H,15,18)/t9-,12+/m1/s1. The third-order valence-corrected chi connectivity index (χ3v) is 4.72. The fraction of sp³-hybridized carbons (Fsp3) is 0.429. The Morgan fingerprint density at radius 2 is 2.00 bits per heavy atom. The number of hydrogen-bond donors (Lipinski definition) is 2. The third kappa shape index (κ3) is 2.84. The fourth-order valence-electron chi connectivity index (χ4n) is 3.02. The van der Waals surface area contributed by atoms with Crippen LogP contribution in [0, 0.1) is 0 Å². The lowest BCUT2D eigenvalue weighted by atomic mass is 9.97. The summed E-state index contributed by atoms with van der Waals surface area (Å²) in [6.07, 6.45) is 1.86. The summed E-state index contributed by atoms with van der Waals surface area (Å²) in [4.78, 5) is 26.5. The van der Waals surface area contributed by atoms with Crippen LogP contribution < -0.4 is 10.0 Å². The van der Waals surface area contributed by atoms with E-state index in [2.05, 4.69) is 10.0 Å². The predicted molar refractivity (Wildman–Crippen MR) is 80.9 cm³/mol. The summed E-state index contributed by atoms with van der Waals surface area (Å²) in [6.45, 7) is 0.346. The van der Waals surface area contributed by atoms with Crippen LogP contribution in [0.5, 0.6) is 0 Å². The van der Waals surface area contributed by atoms with Gasteiger partial charge < -0.3 is 10.2 Å². The van der Waals surface area contributed by atoms with E-state index >= 15 is 0 Å². The molecule has 1 fully saturated rings. The molecule has 1 aromatic carbocycles. The zero-order chi connectivity index (χ0) is 15.9. The lowest BCUT2D eigenvalue weighted by Crippen LogP contribution is -2.54. The van der Waals surface area contributed by atoms with Crippen LogP contribution in [0.2, 0.25) is 0 Å². The van der Waals surface area contributed by atoms with E-state index in [9.17, 15) is 18.0 Å². The molecular weight excluding hydrogens is 306 g/mol. The Labute approximate surface area is 128 Å². The molecule has 1 saturated heterocycles. The first-order valence-electron chi connectivity index (χ1n) is 7.03. The lowest BCUT2D eigenvalue weighted by Gasteiger charge is -2.37. The fourth-order valence-corrected chi connectivity index (χ4v) is 3.84. The van der Waals surface area contributed by atoms with Crippen molar-refractivity contribution < 1.29 is 18.0 Å². The first-order chi connectivity index (χ1) is 10.3. The van der Waals surface area contributed by atoms with Crippen LogP contribution in [0.4, 0.5) is 5.69 Å². The Bertz CT molecular complexity index is 731. The van der Waals surface area contributed by atoms with E-state index in [-0.39, 0.29) is 24.3 Å². The maximum atomic E-state index is 12.6. The average molecular weight is 323 g/mol. The van der Waals surface area contributed by atoms with E-state index < -0.39 is 16.1 Å². The molecular formula is C14H17N3O4S. The minimum atomic E-state index is -3.34. The quantitative estimate of drug-likeness (QED) is 0.810. The number of fused-ring (bicyclic) bond motifs is 2. The Balaban J connectivity index is 1.88. The van der Waals surface area contributed by atoms with Gasteiger partial charge in [0.1, 0.15) is 6.04 Å². The van der Waals surface area contributed by atoms with Gasteiger partial charge in [0, 0.05) is 12.6 Å². The van der Waals surface area contributed by atoms with Crippen molar-refractivity contribution in [3.05, 3.63) is 29.8 Å². The van der Waals surface area contributed by atoms with Crippen LogP contribution in [0.1, 0.15) is 23.2 Å². The van der Waals surface area contributed by atoms with Crippen molar-refractivity contribution in [3.8, 4) is 0 Å². The zero-order valence-electron chi connectivity index (χ0n) is 12.1. The largest absolute Gasteiger partial charge is 0.326 e. The van der Waals surface area contributed by atoms with E-state index in [1.54, 1.807) is 24.3 Å². The molecule has 0 aromatic heterocycles. The van der Waals surface area contributed by atoms with Gasteiger partial charge in [0.15, 0.2) is 0 Å². The van der Waals surface area contributed by atoms with Gasteiger partial charge in [-0.25, -0.2) is 13.1 Å². The van der Waals surface area contributed by atoms with Crippen molar-refractivity contribution in [2.45, 2.75) is 24.9 Å². The van der Waals surface area contributed by atoms with E-state index in [1.165, 1.54) is 4.90 Å². The number of nitrogens with zero attached hydrogens (tertiary/aromatic N) is 1. The monoisotopic (exact) mass is 323 g/mol. The van der Waals surface area contributed by atoms with Crippen LogP contribution in [-0.4, -0.2) is 50.0 Å². The van der Waals surface area contributed by atoms with E-state index in [0.717, 1.165) is 6.26 Å². The lowest BCUT2D eigenvalue weighted by molar-refractivity contribution is -0.121. The number of nitrogens with one attached hydrogen (secondary N) is 2. The summed E-state index contributed by atoms with van der Waals surface area (Å²) in [5, 5.41) is 2.76. The number of sulfonamides is 1. The second-order valence-electron chi connectivity index (χ2n) is 5.66. The molecule has 0 aliphatic carbocycles. The molecule has 2 amide bonds. The van der Waals surface area contributed by atoms with Crippen LogP contribution in [-0.2, 0) is 14.8 Å². The molecule has 0 radical (unpaired) electrons. The molecule has 3 rings (SSSR count). The second kappa shape index (κ2) is 5.36. The zero-order valence-corrected chi connectivity index (χ0v) is 12.9. The van der Waals surface area contributed by atoms with Gasteiger partial charge in [0.2, 0.25) is 15.9 Å². The molecule has 118 valence electrons. The molecule has 7 nitrogen and oxygen atoms in total. The highest BCUT2D eigenvalue weighted by molar-refractivity contribution is 7.88. The van der Waals surface area contributed by atoms with Crippen LogP contribution >= 0.6 is 0 Å². The molecule has 0 unspecified atom stereocenters. The Morgan fingerprint density at radius 3 is 2.73 bits per heavy atom. The molecule has 8 heteroatoms. The predicted octanol–water partition coefficient (Wildman–Crippen LogP) is 0.161. The number of hydrogen-bond acceptors (Lipinski definition) is 4. The number of amides is 2. The summed E-state index contributed by atoms with van der Waals surface area (Å²) in [5.41, 5.74) is 0.965. The van der Waals surface area contributed by atoms with Crippen LogP contribution in [0.15, 0.2) is 24.3 Å². The van der Waals surface area contributed by atoms with Gasteiger partial charge in [-0.3, -0.25) is 9.59 Å². The van der Waals surface area contributed by atoms with Gasteiger partial charge in [-0.05, 0) is 25.0 Å². The summed E-state index contributed by atoms with van der Waals surface area (Å²) in [7, 11) is -3.34. The van der Waals surface area contributed by atoms with E-state index in [1.807, 2.05) is 0 Å². The SMILES string of the molecule is CS(=O)(=O)N[C@@H]1CCN2C(=O)c3ccccc3NC(=O)[C@@H]2C1. The van der Waals surface area contributed by atoms with Gasteiger partial charge >= 0.3 is 0 Å². The molecule has 2 N–H and O–H groups in total. The summed E-state index contributed by atoms with van der Waals surface area (Å²) < 4.78 is 25.2. The molecule has 2 aliphatic heterocycles. The number of para-hydroxylation sites is 1. The Hall–Kier alpha value is -1.93. The third-order valence-electron chi connectivity index (χ3n) is 3.96. The molecule has 22 heavy (non-hydrogen) atoms. The molecule has 0 saturated carbocycles. The van der Waals surface area contributed by atoms with Crippen LogP contribution in [0.3, 0.4) is 0 Å². The highest BCUT2D eigenvalue weighted by atomic mass is 32.2. The van der Waals surface area contributed by atoms with Crippen molar-refractivity contribution in [1.29, 1.82) is 0 Å². The van der Waals surface area contributed by atoms with Crippen molar-refractivity contribution >= 4 is 27.5 Å². The number of carbonyl (C=O) groups is 2. The number of rotatable bonds is 2. The molecule has 2 atom stereocenters. The minimum absolute atomic E-state index is 0.197. The highest BCUT2D eigenvalue weighted by Gasteiger charge is 2.40. The van der Waals surface area contributed by atoms with Gasteiger partial charge in [0.05, 0.1) is 17.5 Å². The molecule has 2 heterocycles.